The molecule has 2 aromatic heterocycles. The van der Waals surface area contributed by atoms with Gasteiger partial charge in [0.1, 0.15) is 17.1 Å². The van der Waals surface area contributed by atoms with E-state index < -0.39 is 5.91 Å². The summed E-state index contributed by atoms with van der Waals surface area (Å²) in [6, 6.07) is 19.1. The van der Waals surface area contributed by atoms with E-state index in [0.717, 1.165) is 16.8 Å². The van der Waals surface area contributed by atoms with E-state index in [0.29, 0.717) is 11.3 Å². The molecule has 2 aromatic carbocycles. The van der Waals surface area contributed by atoms with E-state index >= 15 is 0 Å². The number of rotatable bonds is 6. The highest BCUT2D eigenvalue weighted by atomic mass is 19.1. The van der Waals surface area contributed by atoms with Gasteiger partial charge in [0, 0.05) is 23.5 Å². The number of carbonyl (C=O) groups is 1. The number of nitrogens with one attached hydrogen (secondary N) is 1. The fourth-order valence-electron chi connectivity index (χ4n) is 2.87. The fraction of sp³-hybridized carbons (Fsp3) is 0.0455. The van der Waals surface area contributed by atoms with E-state index in [4.69, 9.17) is 4.74 Å². The smallest absolute Gasteiger partial charge is 0.277 e. The zero-order valence-electron chi connectivity index (χ0n) is 15.3. The number of benzene rings is 2. The van der Waals surface area contributed by atoms with Crippen LogP contribution in [-0.4, -0.2) is 28.3 Å². The molecular weight excluding hydrogens is 371 g/mol. The molecule has 7 heteroatoms. The van der Waals surface area contributed by atoms with Gasteiger partial charge in [0.25, 0.3) is 5.91 Å². The minimum Gasteiger partial charge on any atom is -0.481 e. The highest BCUT2D eigenvalue weighted by molar-refractivity contribution is 5.85. The Morgan fingerprint density at radius 2 is 1.93 bits per heavy atom. The van der Waals surface area contributed by atoms with E-state index in [-0.39, 0.29) is 12.4 Å². The molecule has 2 heterocycles. The molecule has 0 atom stereocenters. The number of hydrazone groups is 1. The molecule has 29 heavy (non-hydrogen) atoms. The molecule has 144 valence electrons. The number of pyridine rings is 1. The first-order valence-electron chi connectivity index (χ1n) is 8.92. The van der Waals surface area contributed by atoms with Crippen LogP contribution in [0.3, 0.4) is 0 Å². The zero-order valence-corrected chi connectivity index (χ0v) is 15.3. The van der Waals surface area contributed by atoms with Crippen molar-refractivity contribution in [1.82, 2.24) is 15.0 Å². The van der Waals surface area contributed by atoms with E-state index in [1.807, 2.05) is 47.2 Å². The van der Waals surface area contributed by atoms with Gasteiger partial charge in [-0.05, 0) is 48.5 Å². The van der Waals surface area contributed by atoms with Crippen molar-refractivity contribution in [2.75, 3.05) is 6.61 Å². The molecule has 0 bridgehead atoms. The molecule has 4 rings (SSSR count). The summed E-state index contributed by atoms with van der Waals surface area (Å²) >= 11 is 0. The Bertz CT molecular complexity index is 1160. The number of carbonyl (C=O) groups excluding carboxylic acids is 1. The minimum absolute atomic E-state index is 0.188. The second kappa shape index (κ2) is 8.35. The first-order valence-corrected chi connectivity index (χ1v) is 8.92. The van der Waals surface area contributed by atoms with Crippen LogP contribution in [0.15, 0.2) is 84.2 Å². The molecule has 1 amide bonds. The van der Waals surface area contributed by atoms with E-state index in [1.54, 1.807) is 24.4 Å². The van der Waals surface area contributed by atoms with Crippen molar-refractivity contribution < 1.29 is 13.9 Å². The Kier molecular flexibility index (Phi) is 5.29. The molecule has 0 fully saturated rings. The topological polar surface area (TPSA) is 68.5 Å². The fourth-order valence-corrected chi connectivity index (χ4v) is 2.87. The number of halogens is 1. The van der Waals surface area contributed by atoms with E-state index in [9.17, 15) is 9.18 Å². The Morgan fingerprint density at radius 1 is 1.10 bits per heavy atom. The molecule has 0 saturated carbocycles. The minimum atomic E-state index is -0.394. The predicted molar refractivity (Wildman–Crippen MR) is 109 cm³/mol. The molecule has 4 aromatic rings. The van der Waals surface area contributed by atoms with Gasteiger partial charge in [-0.1, -0.05) is 18.2 Å². The molecule has 0 aliphatic carbocycles. The summed E-state index contributed by atoms with van der Waals surface area (Å²) in [5.41, 5.74) is 4.66. The molecule has 0 radical (unpaired) electrons. The van der Waals surface area contributed by atoms with Crippen molar-refractivity contribution in [1.29, 1.82) is 0 Å². The summed E-state index contributed by atoms with van der Waals surface area (Å²) in [7, 11) is 0. The van der Waals surface area contributed by atoms with Crippen molar-refractivity contribution in [3.8, 4) is 11.4 Å². The number of ether oxygens (including phenoxy) is 1. The molecular formula is C22H17FN4O2. The number of aromatic nitrogens is 2. The van der Waals surface area contributed by atoms with Crippen LogP contribution in [-0.2, 0) is 4.79 Å². The molecule has 0 aliphatic rings. The monoisotopic (exact) mass is 388 g/mol. The number of fused-ring (bicyclic) bond motifs is 1. The third-order valence-electron chi connectivity index (χ3n) is 4.23. The summed E-state index contributed by atoms with van der Waals surface area (Å²) in [6.45, 7) is -0.188. The Balaban J connectivity index is 1.37. The van der Waals surface area contributed by atoms with Crippen LogP contribution < -0.4 is 10.2 Å². The average molecular weight is 388 g/mol. The lowest BCUT2D eigenvalue weighted by Crippen LogP contribution is -2.24. The Hall–Kier alpha value is -4.00. The maximum Gasteiger partial charge on any atom is 0.277 e. The average Bonchev–Trinajstić information content (AvgIpc) is 3.21. The summed E-state index contributed by atoms with van der Waals surface area (Å²) < 4.78 is 20.5. The van der Waals surface area contributed by atoms with E-state index in [1.165, 1.54) is 18.3 Å². The number of hydrogen-bond donors (Lipinski definition) is 1. The van der Waals surface area contributed by atoms with Crippen molar-refractivity contribution >= 4 is 23.0 Å². The quantitative estimate of drug-likeness (QED) is 0.405. The first kappa shape index (κ1) is 18.4. The highest BCUT2D eigenvalue weighted by Crippen LogP contribution is 2.22. The summed E-state index contributed by atoms with van der Waals surface area (Å²) in [5, 5.41) is 4.91. The summed E-state index contributed by atoms with van der Waals surface area (Å²) in [5.74, 6) is -0.161. The number of amides is 1. The molecule has 0 saturated heterocycles. The third-order valence-corrected chi connectivity index (χ3v) is 4.23. The van der Waals surface area contributed by atoms with Crippen LogP contribution in [0.25, 0.3) is 16.6 Å². The summed E-state index contributed by atoms with van der Waals surface area (Å²) in [4.78, 5) is 16.3. The van der Waals surface area contributed by atoms with Gasteiger partial charge in [-0.2, -0.15) is 5.10 Å². The maximum atomic E-state index is 13.1. The second-order valence-electron chi connectivity index (χ2n) is 6.19. The molecule has 0 aliphatic heterocycles. The lowest BCUT2D eigenvalue weighted by Gasteiger charge is -2.08. The van der Waals surface area contributed by atoms with Crippen molar-refractivity contribution in [2.45, 2.75) is 0 Å². The van der Waals surface area contributed by atoms with Crippen LogP contribution in [0.2, 0.25) is 0 Å². The predicted octanol–water partition coefficient (Wildman–Crippen LogP) is 3.69. The highest BCUT2D eigenvalue weighted by Gasteiger charge is 2.06. The first-order chi connectivity index (χ1) is 14.2. The molecule has 6 nitrogen and oxygen atoms in total. The van der Waals surface area contributed by atoms with Crippen molar-refractivity contribution in [2.24, 2.45) is 5.10 Å². The van der Waals surface area contributed by atoms with Crippen molar-refractivity contribution in [3.05, 3.63) is 90.6 Å². The molecule has 0 unspecified atom stereocenters. The SMILES string of the molecule is O=C(COc1cccc2cccnc12)N/N=C/c1cccn1-c1ccc(F)cc1. The van der Waals surface area contributed by atoms with Crippen molar-refractivity contribution in [3.63, 3.8) is 0 Å². The van der Waals surface area contributed by atoms with Gasteiger partial charge in [-0.15, -0.1) is 0 Å². The second-order valence-corrected chi connectivity index (χ2v) is 6.19. The van der Waals surface area contributed by atoms with Crippen LogP contribution >= 0.6 is 0 Å². The summed E-state index contributed by atoms with van der Waals surface area (Å²) in [6.07, 6.45) is 5.02. The van der Waals surface area contributed by atoms with Gasteiger partial charge >= 0.3 is 0 Å². The number of nitrogens with zero attached hydrogens (tertiary/aromatic N) is 3. The molecule has 0 spiro atoms. The van der Waals surface area contributed by atoms with Gasteiger partial charge in [0.2, 0.25) is 0 Å². The van der Waals surface area contributed by atoms with Crippen LogP contribution in [0, 0.1) is 5.82 Å². The van der Waals surface area contributed by atoms with Gasteiger partial charge < -0.3 is 9.30 Å². The zero-order chi connectivity index (χ0) is 20.1. The molecule has 1 N–H and O–H groups in total. The largest absolute Gasteiger partial charge is 0.481 e. The van der Waals surface area contributed by atoms with Gasteiger partial charge in [-0.25, -0.2) is 9.82 Å². The number of para-hydroxylation sites is 1. The Morgan fingerprint density at radius 3 is 2.79 bits per heavy atom. The van der Waals surface area contributed by atoms with Crippen LogP contribution in [0.5, 0.6) is 5.75 Å². The van der Waals surface area contributed by atoms with Crippen LogP contribution in [0.4, 0.5) is 4.39 Å². The normalized spacial score (nSPS) is 11.1. The lowest BCUT2D eigenvalue weighted by molar-refractivity contribution is -0.123. The van der Waals surface area contributed by atoms with E-state index in [2.05, 4.69) is 15.5 Å². The van der Waals surface area contributed by atoms with Gasteiger partial charge in [-0.3, -0.25) is 9.78 Å². The third kappa shape index (κ3) is 4.30. The van der Waals surface area contributed by atoms with Gasteiger partial charge in [0.05, 0.1) is 11.9 Å². The number of hydrogen-bond acceptors (Lipinski definition) is 4. The standard InChI is InChI=1S/C22H17FN4O2/c23-17-8-10-18(11-9-17)27-13-3-6-19(27)14-25-26-21(28)15-29-20-7-1-4-16-5-2-12-24-22(16)20/h1-14H,15H2,(H,26,28)/b25-14+. The lowest BCUT2D eigenvalue weighted by atomic mass is 10.2. The van der Waals surface area contributed by atoms with Crippen LogP contribution in [0.1, 0.15) is 5.69 Å². The van der Waals surface area contributed by atoms with Gasteiger partial charge in [0.15, 0.2) is 6.61 Å². The Labute approximate surface area is 166 Å². The maximum absolute atomic E-state index is 13.1.